The molecule has 0 saturated heterocycles. The summed E-state index contributed by atoms with van der Waals surface area (Å²) in [6.07, 6.45) is 5.14. The van der Waals surface area contributed by atoms with Crippen LogP contribution in [0.5, 0.6) is 5.75 Å². The van der Waals surface area contributed by atoms with Gasteiger partial charge in [-0.3, -0.25) is 4.79 Å². The van der Waals surface area contributed by atoms with Crippen molar-refractivity contribution in [3.05, 3.63) is 41.5 Å². The quantitative estimate of drug-likeness (QED) is 0.517. The van der Waals surface area contributed by atoms with Gasteiger partial charge in [-0.1, -0.05) is 25.1 Å². The molecule has 0 fully saturated rings. The van der Waals surface area contributed by atoms with E-state index in [0.29, 0.717) is 5.75 Å². The van der Waals surface area contributed by atoms with E-state index in [-0.39, 0.29) is 18.5 Å². The predicted molar refractivity (Wildman–Crippen MR) is 78.8 cm³/mol. The Morgan fingerprint density at radius 1 is 1.45 bits per heavy atom. The SMILES string of the molecule is C=C(COC(C)=O)CC1CCCCc2cccc(O)c21. The number of aryl methyl sites for hydroxylation is 1. The van der Waals surface area contributed by atoms with Gasteiger partial charge >= 0.3 is 5.97 Å². The van der Waals surface area contributed by atoms with E-state index in [0.717, 1.165) is 43.2 Å². The largest absolute Gasteiger partial charge is 0.508 e. The molecule has 0 aromatic heterocycles. The first-order chi connectivity index (χ1) is 9.58. The normalized spacial score (nSPS) is 17.9. The Labute approximate surface area is 120 Å². The molecule has 0 spiro atoms. The van der Waals surface area contributed by atoms with Gasteiger partial charge in [0.25, 0.3) is 0 Å². The Balaban J connectivity index is 2.12. The third-order valence-electron chi connectivity index (χ3n) is 3.84. The summed E-state index contributed by atoms with van der Waals surface area (Å²) in [4.78, 5) is 10.8. The number of hydrogen-bond acceptors (Lipinski definition) is 3. The Kier molecular flexibility index (Phi) is 4.83. The molecule has 0 radical (unpaired) electrons. The van der Waals surface area contributed by atoms with E-state index >= 15 is 0 Å². The number of hydrogen-bond donors (Lipinski definition) is 1. The summed E-state index contributed by atoms with van der Waals surface area (Å²) in [5, 5.41) is 10.2. The number of rotatable bonds is 4. The molecule has 1 N–H and O–H groups in total. The van der Waals surface area contributed by atoms with Crippen LogP contribution < -0.4 is 0 Å². The third-order valence-corrected chi connectivity index (χ3v) is 3.84. The van der Waals surface area contributed by atoms with Crippen molar-refractivity contribution >= 4 is 5.97 Å². The Bertz CT molecular complexity index is 505. The molecule has 1 aliphatic rings. The van der Waals surface area contributed by atoms with Gasteiger partial charge in [-0.05, 0) is 48.8 Å². The molecule has 1 aromatic rings. The molecule has 108 valence electrons. The van der Waals surface area contributed by atoms with Crippen molar-refractivity contribution in [1.82, 2.24) is 0 Å². The zero-order valence-electron chi connectivity index (χ0n) is 12.0. The van der Waals surface area contributed by atoms with E-state index in [4.69, 9.17) is 4.74 Å². The number of ether oxygens (including phenoxy) is 1. The van der Waals surface area contributed by atoms with E-state index in [2.05, 4.69) is 12.6 Å². The molecular formula is C17H22O3. The van der Waals surface area contributed by atoms with Crippen LogP contribution in [0.25, 0.3) is 0 Å². The van der Waals surface area contributed by atoms with E-state index in [1.807, 2.05) is 6.07 Å². The molecule has 0 saturated carbocycles. The van der Waals surface area contributed by atoms with Gasteiger partial charge in [-0.2, -0.15) is 0 Å². The molecule has 0 heterocycles. The van der Waals surface area contributed by atoms with Gasteiger partial charge in [0.05, 0.1) is 0 Å². The Morgan fingerprint density at radius 2 is 2.25 bits per heavy atom. The first-order valence-electron chi connectivity index (χ1n) is 7.18. The van der Waals surface area contributed by atoms with Crippen molar-refractivity contribution in [3.8, 4) is 5.75 Å². The predicted octanol–water partition coefficient (Wildman–Crippen LogP) is 3.71. The summed E-state index contributed by atoms with van der Waals surface area (Å²) < 4.78 is 4.99. The number of fused-ring (bicyclic) bond motifs is 1. The number of phenols is 1. The first-order valence-corrected chi connectivity index (χ1v) is 7.18. The molecule has 3 nitrogen and oxygen atoms in total. The van der Waals surface area contributed by atoms with Crippen molar-refractivity contribution in [3.63, 3.8) is 0 Å². The van der Waals surface area contributed by atoms with Crippen LogP contribution in [-0.4, -0.2) is 17.7 Å². The second-order valence-electron chi connectivity index (χ2n) is 5.53. The van der Waals surface area contributed by atoms with Gasteiger partial charge in [0.15, 0.2) is 0 Å². The van der Waals surface area contributed by atoms with Crippen molar-refractivity contribution in [2.45, 2.75) is 44.9 Å². The topological polar surface area (TPSA) is 46.5 Å². The highest BCUT2D eigenvalue weighted by atomic mass is 16.5. The molecule has 0 aliphatic heterocycles. The van der Waals surface area contributed by atoms with E-state index in [9.17, 15) is 9.90 Å². The average molecular weight is 274 g/mol. The number of carbonyl (C=O) groups is 1. The number of carbonyl (C=O) groups excluding carboxylic acids is 1. The lowest BCUT2D eigenvalue weighted by atomic mass is 9.87. The van der Waals surface area contributed by atoms with Crippen LogP contribution in [0.2, 0.25) is 0 Å². The van der Waals surface area contributed by atoms with Gasteiger partial charge in [0, 0.05) is 12.5 Å². The minimum Gasteiger partial charge on any atom is -0.508 e. The summed E-state index contributed by atoms with van der Waals surface area (Å²) in [5.74, 6) is 0.377. The number of benzene rings is 1. The zero-order valence-corrected chi connectivity index (χ0v) is 12.0. The maximum atomic E-state index is 10.8. The van der Waals surface area contributed by atoms with Crippen molar-refractivity contribution in [2.24, 2.45) is 0 Å². The molecule has 20 heavy (non-hydrogen) atoms. The lowest BCUT2D eigenvalue weighted by Gasteiger charge is -2.20. The van der Waals surface area contributed by atoms with Gasteiger partial charge in [0.2, 0.25) is 0 Å². The maximum absolute atomic E-state index is 10.8. The first kappa shape index (κ1) is 14.6. The summed E-state index contributed by atoms with van der Waals surface area (Å²) in [7, 11) is 0. The van der Waals surface area contributed by atoms with Crippen LogP contribution in [0.1, 0.15) is 49.7 Å². The molecule has 3 heteroatoms. The highest BCUT2D eigenvalue weighted by Crippen LogP contribution is 2.39. The van der Waals surface area contributed by atoms with Crippen molar-refractivity contribution in [2.75, 3.05) is 6.61 Å². The fourth-order valence-corrected chi connectivity index (χ4v) is 2.95. The molecule has 2 rings (SSSR count). The minimum absolute atomic E-state index is 0.273. The van der Waals surface area contributed by atoms with Crippen LogP contribution in [0.15, 0.2) is 30.4 Å². The average Bonchev–Trinajstić information content (AvgIpc) is 2.60. The molecule has 0 bridgehead atoms. The lowest BCUT2D eigenvalue weighted by Crippen LogP contribution is -2.07. The fourth-order valence-electron chi connectivity index (χ4n) is 2.95. The molecule has 1 aromatic carbocycles. The minimum atomic E-state index is -0.282. The van der Waals surface area contributed by atoms with Gasteiger partial charge in [-0.15, -0.1) is 0 Å². The Morgan fingerprint density at radius 3 is 3.00 bits per heavy atom. The van der Waals surface area contributed by atoms with E-state index in [1.54, 1.807) is 6.07 Å². The highest BCUT2D eigenvalue weighted by Gasteiger charge is 2.22. The van der Waals surface area contributed by atoms with Crippen molar-refractivity contribution in [1.29, 1.82) is 0 Å². The summed E-state index contributed by atoms with van der Waals surface area (Å²) >= 11 is 0. The highest BCUT2D eigenvalue weighted by molar-refractivity contribution is 5.66. The van der Waals surface area contributed by atoms with E-state index in [1.165, 1.54) is 12.5 Å². The summed E-state index contributed by atoms with van der Waals surface area (Å²) in [5.41, 5.74) is 3.21. The van der Waals surface area contributed by atoms with Crippen LogP contribution in [-0.2, 0) is 16.0 Å². The molecule has 0 amide bonds. The van der Waals surface area contributed by atoms with Gasteiger partial charge in [0.1, 0.15) is 12.4 Å². The Hall–Kier alpha value is -1.77. The van der Waals surface area contributed by atoms with Crippen LogP contribution in [0.4, 0.5) is 0 Å². The van der Waals surface area contributed by atoms with Crippen LogP contribution in [0.3, 0.4) is 0 Å². The second-order valence-corrected chi connectivity index (χ2v) is 5.53. The number of phenolic OH excluding ortho intramolecular Hbond substituents is 1. The van der Waals surface area contributed by atoms with E-state index < -0.39 is 0 Å². The molecule has 1 atom stereocenters. The summed E-state index contributed by atoms with van der Waals surface area (Å²) in [6.45, 7) is 5.67. The monoisotopic (exact) mass is 274 g/mol. The lowest BCUT2D eigenvalue weighted by molar-refractivity contribution is -0.140. The number of aromatic hydroxyl groups is 1. The molecular weight excluding hydrogens is 252 g/mol. The van der Waals surface area contributed by atoms with Crippen LogP contribution in [0, 0.1) is 0 Å². The van der Waals surface area contributed by atoms with Crippen molar-refractivity contribution < 1.29 is 14.6 Å². The zero-order chi connectivity index (χ0) is 14.5. The second kappa shape index (κ2) is 6.60. The number of esters is 1. The third kappa shape index (κ3) is 3.62. The van der Waals surface area contributed by atoms with Crippen LogP contribution >= 0.6 is 0 Å². The molecule has 1 unspecified atom stereocenters. The summed E-state index contributed by atoms with van der Waals surface area (Å²) in [6, 6.07) is 5.76. The standard InChI is InChI=1S/C17H22O3/c1-12(11-20-13(2)18)10-15-7-4-3-6-14-8-5-9-16(19)17(14)15/h5,8-9,15,19H,1,3-4,6-7,10-11H2,2H3. The maximum Gasteiger partial charge on any atom is 0.302 e. The fraction of sp³-hybridized carbons (Fsp3) is 0.471. The molecule has 1 aliphatic carbocycles. The van der Waals surface area contributed by atoms with Gasteiger partial charge < -0.3 is 9.84 Å². The smallest absolute Gasteiger partial charge is 0.302 e. The van der Waals surface area contributed by atoms with Gasteiger partial charge in [-0.25, -0.2) is 0 Å².